The van der Waals surface area contributed by atoms with Crippen molar-refractivity contribution in [2.75, 3.05) is 39.3 Å². The Kier molecular flexibility index (Phi) is 16.5. The number of nitrogens with zero attached hydrogens (tertiary/aromatic N) is 2. The molecule has 0 radical (unpaired) electrons. The molecule has 30 heavy (non-hydrogen) atoms. The molecule has 0 saturated heterocycles. The summed E-state index contributed by atoms with van der Waals surface area (Å²) in [4.78, 5) is 6.92. The summed E-state index contributed by atoms with van der Waals surface area (Å²) in [7, 11) is 0. The molecule has 0 aromatic heterocycles. The number of aliphatic imine (C=N–C) groups is 1. The Hall–Kier alpha value is -1.36. The van der Waals surface area contributed by atoms with Crippen LogP contribution in [0.1, 0.15) is 46.1 Å². The van der Waals surface area contributed by atoms with E-state index in [2.05, 4.69) is 34.4 Å². The third kappa shape index (κ3) is 11.1. The molecule has 174 valence electrons. The molecule has 6 nitrogen and oxygen atoms in total. The van der Waals surface area contributed by atoms with Gasteiger partial charge in [0.1, 0.15) is 0 Å². The number of hydrogen-bond donors (Lipinski definition) is 2. The fraction of sp³-hybridized carbons (Fsp3) is 0.667. The number of alkyl halides is 2. The Balaban J connectivity index is 0.00000841. The Morgan fingerprint density at radius 2 is 1.83 bits per heavy atom. The summed E-state index contributed by atoms with van der Waals surface area (Å²) < 4.78 is 35.8. The molecule has 0 amide bonds. The average molecular weight is 542 g/mol. The first kappa shape index (κ1) is 28.6. The van der Waals surface area contributed by atoms with Gasteiger partial charge in [-0.3, -0.25) is 0 Å². The van der Waals surface area contributed by atoms with Crippen LogP contribution in [-0.2, 0) is 6.54 Å². The Bertz CT molecular complexity index is 602. The van der Waals surface area contributed by atoms with E-state index in [0.29, 0.717) is 30.4 Å². The number of halogens is 3. The van der Waals surface area contributed by atoms with Crippen LogP contribution in [0.15, 0.2) is 23.2 Å². The summed E-state index contributed by atoms with van der Waals surface area (Å²) in [5, 5.41) is 6.48. The van der Waals surface area contributed by atoms with Crippen LogP contribution in [0.4, 0.5) is 8.78 Å². The molecular weight excluding hydrogens is 505 g/mol. The molecule has 0 aliphatic carbocycles. The number of para-hydroxylation sites is 1. The molecular formula is C21H37F2IN4O2. The standard InChI is InChI=1S/C21H36F2N4O2.HI/c1-5-24-21(25-14-9-10-15-27(6-2)7-3)26-16-17-12-11-13-18(28-8-4)19(17)29-20(22)23;/h11-13,20H,5-10,14-16H2,1-4H3,(H2,24,25,26);1H. The molecule has 0 spiro atoms. The lowest BCUT2D eigenvalue weighted by Crippen LogP contribution is -2.38. The van der Waals surface area contributed by atoms with Crippen molar-refractivity contribution >= 4 is 29.9 Å². The van der Waals surface area contributed by atoms with Crippen LogP contribution in [-0.4, -0.2) is 56.8 Å². The normalized spacial score (nSPS) is 11.4. The molecule has 1 rings (SSSR count). The number of nitrogens with one attached hydrogen (secondary N) is 2. The first-order chi connectivity index (χ1) is 14.0. The van der Waals surface area contributed by atoms with Crippen LogP contribution in [0, 0.1) is 0 Å². The quantitative estimate of drug-likeness (QED) is 0.157. The lowest BCUT2D eigenvalue weighted by molar-refractivity contribution is -0.0520. The highest BCUT2D eigenvalue weighted by Gasteiger charge is 2.15. The summed E-state index contributed by atoms with van der Waals surface area (Å²) in [5.74, 6) is 0.998. The van der Waals surface area contributed by atoms with Gasteiger partial charge in [0, 0.05) is 18.7 Å². The molecule has 1 aromatic rings. The number of benzene rings is 1. The molecule has 0 atom stereocenters. The van der Waals surface area contributed by atoms with Crippen molar-refractivity contribution in [3.63, 3.8) is 0 Å². The van der Waals surface area contributed by atoms with E-state index in [1.165, 1.54) is 0 Å². The second-order valence-electron chi connectivity index (χ2n) is 6.41. The topological polar surface area (TPSA) is 58.1 Å². The number of hydrogen-bond acceptors (Lipinski definition) is 4. The van der Waals surface area contributed by atoms with Gasteiger partial charge in [0.25, 0.3) is 0 Å². The van der Waals surface area contributed by atoms with Crippen LogP contribution < -0.4 is 20.1 Å². The summed E-state index contributed by atoms with van der Waals surface area (Å²) in [5.41, 5.74) is 0.551. The fourth-order valence-electron chi connectivity index (χ4n) is 2.89. The summed E-state index contributed by atoms with van der Waals surface area (Å²) >= 11 is 0. The van der Waals surface area contributed by atoms with E-state index in [9.17, 15) is 8.78 Å². The van der Waals surface area contributed by atoms with Crippen molar-refractivity contribution < 1.29 is 18.3 Å². The van der Waals surface area contributed by atoms with E-state index in [-0.39, 0.29) is 36.3 Å². The van der Waals surface area contributed by atoms with Crippen LogP contribution >= 0.6 is 24.0 Å². The summed E-state index contributed by atoms with van der Waals surface area (Å²) in [6.45, 7) is 10.5. The lowest BCUT2D eigenvalue weighted by Gasteiger charge is -2.18. The summed E-state index contributed by atoms with van der Waals surface area (Å²) in [6.07, 6.45) is 2.14. The Labute approximate surface area is 196 Å². The average Bonchev–Trinajstić information content (AvgIpc) is 2.70. The lowest BCUT2D eigenvalue weighted by atomic mass is 10.2. The monoisotopic (exact) mass is 542 g/mol. The van der Waals surface area contributed by atoms with Crippen LogP contribution in [0.25, 0.3) is 0 Å². The van der Waals surface area contributed by atoms with Gasteiger partial charge >= 0.3 is 6.61 Å². The maximum absolute atomic E-state index is 12.8. The third-order valence-electron chi connectivity index (χ3n) is 4.41. The first-order valence-corrected chi connectivity index (χ1v) is 10.5. The molecule has 0 saturated carbocycles. The minimum Gasteiger partial charge on any atom is -0.490 e. The van der Waals surface area contributed by atoms with Gasteiger partial charge in [0.2, 0.25) is 0 Å². The maximum Gasteiger partial charge on any atom is 0.387 e. The van der Waals surface area contributed by atoms with E-state index >= 15 is 0 Å². The van der Waals surface area contributed by atoms with E-state index in [1.807, 2.05) is 6.92 Å². The maximum atomic E-state index is 12.8. The van der Waals surface area contributed by atoms with Crippen molar-refractivity contribution in [2.24, 2.45) is 4.99 Å². The zero-order valence-electron chi connectivity index (χ0n) is 18.5. The van der Waals surface area contributed by atoms with Gasteiger partial charge in [-0.15, -0.1) is 24.0 Å². The summed E-state index contributed by atoms with van der Waals surface area (Å²) in [6, 6.07) is 5.09. The number of rotatable bonds is 14. The molecule has 0 fully saturated rings. The van der Waals surface area contributed by atoms with Gasteiger partial charge in [-0.05, 0) is 52.4 Å². The van der Waals surface area contributed by atoms with Gasteiger partial charge < -0.3 is 25.0 Å². The van der Waals surface area contributed by atoms with Gasteiger partial charge in [0.15, 0.2) is 17.5 Å². The third-order valence-corrected chi connectivity index (χ3v) is 4.41. The van der Waals surface area contributed by atoms with Crippen molar-refractivity contribution in [1.82, 2.24) is 15.5 Å². The van der Waals surface area contributed by atoms with Gasteiger partial charge in [-0.25, -0.2) is 4.99 Å². The van der Waals surface area contributed by atoms with Gasteiger partial charge in [-0.1, -0.05) is 26.0 Å². The molecule has 1 aromatic carbocycles. The molecule has 0 aliphatic heterocycles. The smallest absolute Gasteiger partial charge is 0.387 e. The molecule has 0 aliphatic rings. The Morgan fingerprint density at radius 3 is 2.43 bits per heavy atom. The van der Waals surface area contributed by atoms with E-state index in [1.54, 1.807) is 25.1 Å². The van der Waals surface area contributed by atoms with E-state index in [0.717, 1.165) is 39.0 Å². The van der Waals surface area contributed by atoms with E-state index in [4.69, 9.17) is 9.47 Å². The number of guanidine groups is 1. The highest BCUT2D eigenvalue weighted by molar-refractivity contribution is 14.0. The van der Waals surface area contributed by atoms with Crippen LogP contribution in [0.2, 0.25) is 0 Å². The largest absolute Gasteiger partial charge is 0.490 e. The minimum absolute atomic E-state index is 0. The van der Waals surface area contributed by atoms with Crippen molar-refractivity contribution in [1.29, 1.82) is 0 Å². The second-order valence-corrected chi connectivity index (χ2v) is 6.41. The predicted octanol–water partition coefficient (Wildman–Crippen LogP) is 4.48. The first-order valence-electron chi connectivity index (χ1n) is 10.5. The van der Waals surface area contributed by atoms with Gasteiger partial charge in [0.05, 0.1) is 13.2 Å². The molecule has 9 heteroatoms. The highest BCUT2D eigenvalue weighted by atomic mass is 127. The van der Waals surface area contributed by atoms with Crippen molar-refractivity contribution in [2.45, 2.75) is 53.7 Å². The molecule has 0 heterocycles. The molecule has 0 bridgehead atoms. The molecule has 0 unspecified atom stereocenters. The predicted molar refractivity (Wildman–Crippen MR) is 129 cm³/mol. The van der Waals surface area contributed by atoms with E-state index < -0.39 is 6.61 Å². The van der Waals surface area contributed by atoms with Gasteiger partial charge in [-0.2, -0.15) is 8.78 Å². The zero-order valence-corrected chi connectivity index (χ0v) is 20.9. The van der Waals surface area contributed by atoms with Crippen LogP contribution in [0.3, 0.4) is 0 Å². The second kappa shape index (κ2) is 17.3. The van der Waals surface area contributed by atoms with Crippen molar-refractivity contribution in [3.05, 3.63) is 23.8 Å². The Morgan fingerprint density at radius 1 is 1.10 bits per heavy atom. The fourth-order valence-corrected chi connectivity index (χ4v) is 2.89. The molecule has 2 N–H and O–H groups in total. The van der Waals surface area contributed by atoms with Crippen molar-refractivity contribution in [3.8, 4) is 11.5 Å². The highest BCUT2D eigenvalue weighted by Crippen LogP contribution is 2.33. The SMILES string of the molecule is CCNC(=NCc1cccc(OCC)c1OC(F)F)NCCCCN(CC)CC.I. The number of unbranched alkanes of at least 4 members (excludes halogenated alkanes) is 1. The van der Waals surface area contributed by atoms with Crippen LogP contribution in [0.5, 0.6) is 11.5 Å². The number of ether oxygens (including phenoxy) is 2. The zero-order chi connectivity index (χ0) is 21.5. The minimum atomic E-state index is -2.92.